The zero-order chi connectivity index (χ0) is 26.7. The number of nitrogens with one attached hydrogen (secondary N) is 2. The largest absolute Gasteiger partial charge is 0.480 e. The third kappa shape index (κ3) is 6.70. The molecule has 0 radical (unpaired) electrons. The summed E-state index contributed by atoms with van der Waals surface area (Å²) in [6, 6.07) is 13.6. The molecule has 3 aromatic carbocycles. The zero-order valence-corrected chi connectivity index (χ0v) is 21.2. The molecule has 0 aliphatic rings. The first kappa shape index (κ1) is 27.3. The van der Waals surface area contributed by atoms with Crippen molar-refractivity contribution in [1.29, 1.82) is 0 Å². The molecule has 0 unspecified atom stereocenters. The van der Waals surface area contributed by atoms with Crippen molar-refractivity contribution in [3.8, 4) is 5.75 Å². The van der Waals surface area contributed by atoms with Gasteiger partial charge in [0, 0.05) is 11.4 Å². The van der Waals surface area contributed by atoms with Gasteiger partial charge < -0.3 is 10.1 Å². The summed E-state index contributed by atoms with van der Waals surface area (Å²) in [7, 11) is -4.20. The second-order valence-electron chi connectivity index (χ2n) is 8.10. The van der Waals surface area contributed by atoms with Gasteiger partial charge in [-0.1, -0.05) is 30.7 Å². The number of hydrogen-bond donors (Lipinski definition) is 2. The molecular weight excluding hydrogens is 517 g/mol. The molecule has 0 bridgehead atoms. The Bertz CT molecular complexity index is 1360. The third-order valence-corrected chi connectivity index (χ3v) is 6.96. The number of aryl methyl sites for hydroxylation is 2. The van der Waals surface area contributed by atoms with Crippen molar-refractivity contribution in [3.05, 3.63) is 82.4 Å². The number of amides is 1. The molecule has 6 nitrogen and oxygen atoms in total. The summed E-state index contributed by atoms with van der Waals surface area (Å²) in [4.78, 5) is 12.5. The summed E-state index contributed by atoms with van der Waals surface area (Å²) in [5, 5.41) is 2.14. The summed E-state index contributed by atoms with van der Waals surface area (Å²) in [5.41, 5.74) is 0.753. The first-order valence-electron chi connectivity index (χ1n) is 10.8. The normalized spacial score (nSPS) is 12.6. The van der Waals surface area contributed by atoms with Gasteiger partial charge in [-0.3, -0.25) is 9.52 Å². The number of alkyl halides is 3. The Morgan fingerprint density at radius 1 is 1.00 bits per heavy atom. The van der Waals surface area contributed by atoms with Gasteiger partial charge in [0.25, 0.3) is 15.9 Å². The smallest absolute Gasteiger partial charge is 0.417 e. The summed E-state index contributed by atoms with van der Waals surface area (Å²) in [5.74, 6) is 0.188. The van der Waals surface area contributed by atoms with Gasteiger partial charge in [-0.15, -0.1) is 0 Å². The molecule has 11 heteroatoms. The highest BCUT2D eigenvalue weighted by molar-refractivity contribution is 7.92. The number of benzene rings is 3. The lowest BCUT2D eigenvalue weighted by Crippen LogP contribution is -2.32. The molecule has 3 aromatic rings. The predicted molar refractivity (Wildman–Crippen MR) is 133 cm³/mol. The first-order chi connectivity index (χ1) is 16.8. The van der Waals surface area contributed by atoms with E-state index in [2.05, 4.69) is 10.0 Å². The topological polar surface area (TPSA) is 84.5 Å². The average molecular weight is 541 g/mol. The van der Waals surface area contributed by atoms with Crippen molar-refractivity contribution in [1.82, 2.24) is 0 Å². The number of sulfonamides is 1. The molecule has 1 atom stereocenters. The Kier molecular flexibility index (Phi) is 8.20. The van der Waals surface area contributed by atoms with Crippen molar-refractivity contribution in [2.75, 3.05) is 10.0 Å². The molecule has 0 spiro atoms. The molecule has 0 aromatic heterocycles. The van der Waals surface area contributed by atoms with Crippen LogP contribution in [0, 0.1) is 13.8 Å². The standard InChI is InChI=1S/C25H24ClF3N2O4S/c1-4-22(35-23-13-15(2)5-6-16(23)3)24(32)30-17-7-10-19(11-8-17)36(33,34)31-18-9-12-21(26)20(14-18)25(27,28)29/h5-14,22,31H,4H2,1-3H3,(H,30,32)/t22-/m0/s1. The number of anilines is 2. The third-order valence-electron chi connectivity index (χ3n) is 5.23. The molecule has 0 saturated heterocycles. The van der Waals surface area contributed by atoms with Crippen LogP contribution in [0.1, 0.15) is 30.0 Å². The quantitative estimate of drug-likeness (QED) is 0.338. The van der Waals surface area contributed by atoms with E-state index in [-0.39, 0.29) is 10.6 Å². The summed E-state index contributed by atoms with van der Waals surface area (Å²) >= 11 is 5.58. The van der Waals surface area contributed by atoms with Crippen LogP contribution in [0.5, 0.6) is 5.75 Å². The fourth-order valence-electron chi connectivity index (χ4n) is 3.27. The fourth-order valence-corrected chi connectivity index (χ4v) is 4.54. The van der Waals surface area contributed by atoms with Crippen molar-refractivity contribution < 1.29 is 31.1 Å². The van der Waals surface area contributed by atoms with E-state index in [4.69, 9.17) is 16.3 Å². The maximum absolute atomic E-state index is 13.1. The predicted octanol–water partition coefficient (Wildman–Crippen LogP) is 6.57. The number of halogens is 4. The molecule has 0 fully saturated rings. The molecule has 1 amide bonds. The van der Waals surface area contributed by atoms with Crippen LogP contribution in [-0.2, 0) is 21.0 Å². The maximum Gasteiger partial charge on any atom is 0.417 e. The molecule has 192 valence electrons. The Labute approximate surface area is 212 Å². The van der Waals surface area contributed by atoms with Crippen LogP contribution in [0.25, 0.3) is 0 Å². The maximum atomic E-state index is 13.1. The van der Waals surface area contributed by atoms with E-state index in [1.54, 1.807) is 6.92 Å². The van der Waals surface area contributed by atoms with Gasteiger partial charge in [0.2, 0.25) is 0 Å². The van der Waals surface area contributed by atoms with Crippen LogP contribution in [0.2, 0.25) is 5.02 Å². The van der Waals surface area contributed by atoms with Crippen LogP contribution in [-0.4, -0.2) is 20.4 Å². The van der Waals surface area contributed by atoms with Crippen molar-refractivity contribution in [2.45, 2.75) is 44.4 Å². The van der Waals surface area contributed by atoms with Gasteiger partial charge in [0.1, 0.15) is 5.75 Å². The van der Waals surface area contributed by atoms with Crippen molar-refractivity contribution in [2.24, 2.45) is 0 Å². The van der Waals surface area contributed by atoms with Crippen LogP contribution in [0.3, 0.4) is 0 Å². The van der Waals surface area contributed by atoms with Crippen molar-refractivity contribution in [3.63, 3.8) is 0 Å². The number of ether oxygens (including phenoxy) is 1. The minimum absolute atomic E-state index is 0.206. The van der Waals surface area contributed by atoms with Crippen LogP contribution in [0.4, 0.5) is 24.5 Å². The summed E-state index contributed by atoms with van der Waals surface area (Å²) in [6.07, 6.45) is -5.11. The highest BCUT2D eigenvalue weighted by Crippen LogP contribution is 2.36. The van der Waals surface area contributed by atoms with Gasteiger partial charge in [0.05, 0.1) is 15.5 Å². The van der Waals surface area contributed by atoms with E-state index >= 15 is 0 Å². The van der Waals surface area contributed by atoms with Crippen LogP contribution < -0.4 is 14.8 Å². The molecule has 0 aliphatic heterocycles. The van der Waals surface area contributed by atoms with Gasteiger partial charge in [0.15, 0.2) is 6.10 Å². The lowest BCUT2D eigenvalue weighted by molar-refractivity contribution is -0.137. The summed E-state index contributed by atoms with van der Waals surface area (Å²) < 4.78 is 72.5. The monoisotopic (exact) mass is 540 g/mol. The van der Waals surface area contributed by atoms with E-state index in [9.17, 15) is 26.4 Å². The van der Waals surface area contributed by atoms with Crippen molar-refractivity contribution >= 4 is 38.9 Å². The van der Waals surface area contributed by atoms with E-state index in [0.29, 0.717) is 23.9 Å². The number of hydrogen-bond acceptors (Lipinski definition) is 4. The Hall–Kier alpha value is -3.24. The zero-order valence-electron chi connectivity index (χ0n) is 19.6. The number of carbonyl (C=O) groups excluding carboxylic acids is 1. The first-order valence-corrected chi connectivity index (χ1v) is 12.7. The van der Waals surface area contributed by atoms with E-state index < -0.39 is 38.8 Å². The van der Waals surface area contributed by atoms with E-state index in [1.165, 1.54) is 24.3 Å². The summed E-state index contributed by atoms with van der Waals surface area (Å²) in [6.45, 7) is 5.60. The van der Waals surface area contributed by atoms with E-state index in [0.717, 1.165) is 23.3 Å². The van der Waals surface area contributed by atoms with E-state index in [1.807, 2.05) is 32.0 Å². The lowest BCUT2D eigenvalue weighted by Gasteiger charge is -2.19. The molecule has 36 heavy (non-hydrogen) atoms. The SMILES string of the molecule is CC[C@H](Oc1cc(C)ccc1C)C(=O)Nc1ccc(S(=O)(=O)Nc2ccc(Cl)c(C(F)(F)F)c2)cc1. The molecule has 3 rings (SSSR count). The molecule has 0 aliphatic carbocycles. The molecule has 0 saturated carbocycles. The highest BCUT2D eigenvalue weighted by atomic mass is 35.5. The average Bonchev–Trinajstić information content (AvgIpc) is 2.80. The Morgan fingerprint density at radius 2 is 1.64 bits per heavy atom. The van der Waals surface area contributed by atoms with Gasteiger partial charge in [-0.25, -0.2) is 8.42 Å². The minimum atomic E-state index is -4.74. The number of rotatable bonds is 8. The lowest BCUT2D eigenvalue weighted by atomic mass is 10.1. The number of carbonyl (C=O) groups is 1. The highest BCUT2D eigenvalue weighted by Gasteiger charge is 2.33. The molecule has 0 heterocycles. The van der Waals surface area contributed by atoms with Gasteiger partial charge >= 0.3 is 6.18 Å². The molecular formula is C25H24ClF3N2O4S. The van der Waals surface area contributed by atoms with Gasteiger partial charge in [-0.2, -0.15) is 13.2 Å². The second-order valence-corrected chi connectivity index (χ2v) is 10.2. The fraction of sp³-hybridized carbons (Fsp3) is 0.240. The Morgan fingerprint density at radius 3 is 2.25 bits per heavy atom. The van der Waals surface area contributed by atoms with Crippen LogP contribution in [0.15, 0.2) is 65.6 Å². The second kappa shape index (κ2) is 10.8. The molecule has 2 N–H and O–H groups in total. The van der Waals surface area contributed by atoms with Gasteiger partial charge in [-0.05, 0) is 79.9 Å². The minimum Gasteiger partial charge on any atom is -0.480 e. The van der Waals surface area contributed by atoms with Crippen LogP contribution >= 0.6 is 11.6 Å². The Balaban J connectivity index is 1.71.